The van der Waals surface area contributed by atoms with Crippen molar-refractivity contribution in [3.8, 4) is 12.3 Å². The zero-order chi connectivity index (χ0) is 12.0. The fourth-order valence-electron chi connectivity index (χ4n) is 1.56. The summed E-state index contributed by atoms with van der Waals surface area (Å²) in [5.41, 5.74) is 0.818. The molecule has 1 rings (SSSR count). The van der Waals surface area contributed by atoms with Crippen molar-refractivity contribution in [1.82, 2.24) is 0 Å². The van der Waals surface area contributed by atoms with Gasteiger partial charge >= 0.3 is 5.97 Å². The number of carboxylic acids is 1. The number of carbonyl (C=O) groups is 1. The molecule has 1 N–H and O–H groups in total. The van der Waals surface area contributed by atoms with Crippen molar-refractivity contribution in [3.05, 3.63) is 34.3 Å². The van der Waals surface area contributed by atoms with E-state index in [4.69, 9.17) is 11.5 Å². The first-order valence-electron chi connectivity index (χ1n) is 5.07. The fourth-order valence-corrected chi connectivity index (χ4v) is 1.98. The molecular formula is C13H13BrO2. The Morgan fingerprint density at radius 2 is 2.31 bits per heavy atom. The maximum Gasteiger partial charge on any atom is 0.310 e. The Balaban J connectivity index is 2.78. The van der Waals surface area contributed by atoms with E-state index in [1.54, 1.807) is 0 Å². The molecule has 0 saturated carbocycles. The molecule has 16 heavy (non-hydrogen) atoms. The average Bonchev–Trinajstić information content (AvgIpc) is 2.24. The van der Waals surface area contributed by atoms with Gasteiger partial charge in [-0.15, -0.1) is 12.3 Å². The quantitative estimate of drug-likeness (QED) is 0.663. The van der Waals surface area contributed by atoms with Crippen LogP contribution in [0.4, 0.5) is 0 Å². The minimum Gasteiger partial charge on any atom is -0.481 e. The monoisotopic (exact) mass is 280 g/mol. The summed E-state index contributed by atoms with van der Waals surface area (Å²) in [4.78, 5) is 11.1. The second-order valence-corrected chi connectivity index (χ2v) is 4.46. The SMILES string of the molecule is C#CCCCC(C(=O)O)c1cccc(Br)c1. The Bertz CT molecular complexity index is 407. The molecule has 1 aromatic rings. The highest BCUT2D eigenvalue weighted by molar-refractivity contribution is 9.10. The maximum atomic E-state index is 11.1. The Labute approximate surface area is 104 Å². The van der Waals surface area contributed by atoms with Gasteiger partial charge < -0.3 is 5.11 Å². The highest BCUT2D eigenvalue weighted by Gasteiger charge is 2.19. The highest BCUT2D eigenvalue weighted by Crippen LogP contribution is 2.24. The van der Waals surface area contributed by atoms with Gasteiger partial charge in [0, 0.05) is 10.9 Å². The second kappa shape index (κ2) is 6.34. The predicted octanol–water partition coefficient (Wildman–Crippen LogP) is 3.42. The van der Waals surface area contributed by atoms with Gasteiger partial charge in [0.15, 0.2) is 0 Å². The first kappa shape index (κ1) is 12.8. The van der Waals surface area contributed by atoms with Crippen LogP contribution in [0.1, 0.15) is 30.7 Å². The van der Waals surface area contributed by atoms with Crippen molar-refractivity contribution in [2.24, 2.45) is 0 Å². The topological polar surface area (TPSA) is 37.3 Å². The molecule has 0 bridgehead atoms. The normalized spacial score (nSPS) is 11.8. The first-order chi connectivity index (χ1) is 7.65. The first-order valence-corrected chi connectivity index (χ1v) is 5.86. The molecule has 2 nitrogen and oxygen atoms in total. The number of hydrogen-bond acceptors (Lipinski definition) is 1. The molecular weight excluding hydrogens is 268 g/mol. The van der Waals surface area contributed by atoms with Gasteiger partial charge in [-0.3, -0.25) is 4.79 Å². The molecule has 0 spiro atoms. The number of carboxylic acid groups (broad SMARTS) is 1. The van der Waals surface area contributed by atoms with Crippen molar-refractivity contribution in [1.29, 1.82) is 0 Å². The Kier molecular flexibility index (Phi) is 5.07. The van der Waals surface area contributed by atoms with Crippen LogP contribution in [-0.2, 0) is 4.79 Å². The molecule has 1 unspecified atom stereocenters. The summed E-state index contributed by atoms with van der Waals surface area (Å²) >= 11 is 3.34. The van der Waals surface area contributed by atoms with Crippen LogP contribution in [0.3, 0.4) is 0 Å². The molecule has 3 heteroatoms. The summed E-state index contributed by atoms with van der Waals surface area (Å²) in [5, 5.41) is 9.15. The van der Waals surface area contributed by atoms with Crippen LogP contribution in [-0.4, -0.2) is 11.1 Å². The maximum absolute atomic E-state index is 11.1. The Morgan fingerprint density at radius 1 is 1.56 bits per heavy atom. The lowest BCUT2D eigenvalue weighted by Crippen LogP contribution is -2.11. The number of benzene rings is 1. The summed E-state index contributed by atoms with van der Waals surface area (Å²) < 4.78 is 0.896. The third kappa shape index (κ3) is 3.71. The van der Waals surface area contributed by atoms with Crippen LogP contribution in [0.2, 0.25) is 0 Å². The van der Waals surface area contributed by atoms with Crippen molar-refractivity contribution in [2.45, 2.75) is 25.2 Å². The van der Waals surface area contributed by atoms with Gasteiger partial charge in [-0.25, -0.2) is 0 Å². The molecule has 84 valence electrons. The number of terminal acetylenes is 1. The highest BCUT2D eigenvalue weighted by atomic mass is 79.9. The summed E-state index contributed by atoms with van der Waals surface area (Å²) in [6, 6.07) is 7.40. The molecule has 0 heterocycles. The lowest BCUT2D eigenvalue weighted by Gasteiger charge is -2.12. The largest absolute Gasteiger partial charge is 0.481 e. The van der Waals surface area contributed by atoms with Crippen LogP contribution in [0, 0.1) is 12.3 Å². The molecule has 0 saturated heterocycles. The molecule has 1 aromatic carbocycles. The van der Waals surface area contributed by atoms with Crippen LogP contribution >= 0.6 is 15.9 Å². The lowest BCUT2D eigenvalue weighted by molar-refractivity contribution is -0.139. The Hall–Kier alpha value is -1.27. The van der Waals surface area contributed by atoms with Crippen molar-refractivity contribution in [3.63, 3.8) is 0 Å². The van der Waals surface area contributed by atoms with Gasteiger partial charge in [0.2, 0.25) is 0 Å². The third-order valence-electron chi connectivity index (χ3n) is 2.36. The van der Waals surface area contributed by atoms with Gasteiger partial charge in [0.1, 0.15) is 0 Å². The smallest absolute Gasteiger partial charge is 0.310 e. The number of hydrogen-bond donors (Lipinski definition) is 1. The van der Waals surface area contributed by atoms with E-state index in [0.29, 0.717) is 12.8 Å². The van der Waals surface area contributed by atoms with E-state index < -0.39 is 11.9 Å². The molecule has 0 amide bonds. The molecule has 0 radical (unpaired) electrons. The minimum absolute atomic E-state index is 0.467. The molecule has 0 aliphatic carbocycles. The van der Waals surface area contributed by atoms with E-state index >= 15 is 0 Å². The summed E-state index contributed by atoms with van der Waals surface area (Å²) in [7, 11) is 0. The van der Waals surface area contributed by atoms with Crippen LogP contribution in [0.15, 0.2) is 28.7 Å². The van der Waals surface area contributed by atoms with Gasteiger partial charge in [0.05, 0.1) is 5.92 Å². The van der Waals surface area contributed by atoms with E-state index in [-0.39, 0.29) is 0 Å². The molecule has 0 aliphatic rings. The molecule has 0 fully saturated rings. The summed E-state index contributed by atoms with van der Waals surface area (Å²) in [5.74, 6) is 1.26. The zero-order valence-electron chi connectivity index (χ0n) is 8.82. The summed E-state index contributed by atoms with van der Waals surface area (Å²) in [6.07, 6.45) is 7.09. The van der Waals surface area contributed by atoms with Crippen molar-refractivity contribution >= 4 is 21.9 Å². The van der Waals surface area contributed by atoms with Crippen LogP contribution < -0.4 is 0 Å². The zero-order valence-corrected chi connectivity index (χ0v) is 10.4. The third-order valence-corrected chi connectivity index (χ3v) is 2.86. The van der Waals surface area contributed by atoms with E-state index in [1.165, 1.54) is 0 Å². The summed E-state index contributed by atoms with van der Waals surface area (Å²) in [6.45, 7) is 0. The predicted molar refractivity (Wildman–Crippen MR) is 67.2 cm³/mol. The van der Waals surface area contributed by atoms with E-state index in [0.717, 1.165) is 16.5 Å². The second-order valence-electron chi connectivity index (χ2n) is 3.54. The standard InChI is InChI=1S/C13H13BrO2/c1-2-3-4-8-12(13(15)16)10-6-5-7-11(14)9-10/h1,5-7,9,12H,3-4,8H2,(H,15,16). The van der Waals surface area contributed by atoms with Gasteiger partial charge in [-0.1, -0.05) is 28.1 Å². The van der Waals surface area contributed by atoms with E-state index in [2.05, 4.69) is 21.9 Å². The van der Waals surface area contributed by atoms with Crippen LogP contribution in [0.25, 0.3) is 0 Å². The van der Waals surface area contributed by atoms with Gasteiger partial charge in [0.25, 0.3) is 0 Å². The van der Waals surface area contributed by atoms with Gasteiger partial charge in [-0.05, 0) is 30.5 Å². The van der Waals surface area contributed by atoms with E-state index in [1.807, 2.05) is 24.3 Å². The lowest BCUT2D eigenvalue weighted by atomic mass is 9.94. The number of rotatable bonds is 5. The minimum atomic E-state index is -0.796. The van der Waals surface area contributed by atoms with Crippen molar-refractivity contribution in [2.75, 3.05) is 0 Å². The average molecular weight is 281 g/mol. The number of halogens is 1. The molecule has 0 aromatic heterocycles. The number of unbranched alkanes of at least 4 members (excludes halogenated alkanes) is 1. The number of aliphatic carboxylic acids is 1. The van der Waals surface area contributed by atoms with Crippen molar-refractivity contribution < 1.29 is 9.90 Å². The van der Waals surface area contributed by atoms with E-state index in [9.17, 15) is 4.79 Å². The Morgan fingerprint density at radius 3 is 2.88 bits per heavy atom. The van der Waals surface area contributed by atoms with Crippen LogP contribution in [0.5, 0.6) is 0 Å². The van der Waals surface area contributed by atoms with Gasteiger partial charge in [-0.2, -0.15) is 0 Å². The molecule has 1 atom stereocenters. The fraction of sp³-hybridized carbons (Fsp3) is 0.308. The molecule has 0 aliphatic heterocycles.